The molecule has 2 aromatic rings. The van der Waals surface area contributed by atoms with Gasteiger partial charge in [0, 0.05) is 17.4 Å². The largest absolute Gasteiger partial charge is 0.467 e. The molecule has 2 amide bonds. The van der Waals surface area contributed by atoms with Crippen molar-refractivity contribution in [2.75, 3.05) is 7.11 Å². The molecule has 0 bridgehead atoms. The fraction of sp³-hybridized carbons (Fsp3) is 0.375. The van der Waals surface area contributed by atoms with Crippen LogP contribution in [0.25, 0.3) is 0 Å². The second-order valence-corrected chi connectivity index (χ2v) is 8.52. The van der Waals surface area contributed by atoms with E-state index in [4.69, 9.17) is 14.2 Å². The molecule has 2 aromatic carbocycles. The Morgan fingerprint density at radius 3 is 2.52 bits per heavy atom. The number of fused-ring (bicyclic) bond motifs is 1. The zero-order valence-electron chi connectivity index (χ0n) is 18.6. The highest BCUT2D eigenvalue weighted by Gasteiger charge is 2.31. The number of carbonyl (C=O) groups is 3. The predicted octanol–water partition coefficient (Wildman–Crippen LogP) is 4.54. The smallest absolute Gasteiger partial charge is 0.410 e. The minimum Gasteiger partial charge on any atom is -0.467 e. The molecule has 1 aliphatic rings. The van der Waals surface area contributed by atoms with E-state index in [9.17, 15) is 14.4 Å². The maximum Gasteiger partial charge on any atom is 0.410 e. The third-order valence-electron chi connectivity index (χ3n) is 5.40. The van der Waals surface area contributed by atoms with Gasteiger partial charge in [-0.1, -0.05) is 65.3 Å². The first kappa shape index (κ1) is 24.6. The highest BCUT2D eigenvalue weighted by Crippen LogP contribution is 2.30. The first-order valence-corrected chi connectivity index (χ1v) is 11.5. The Labute approximate surface area is 201 Å². The molecule has 0 radical (unpaired) electrons. The van der Waals surface area contributed by atoms with Gasteiger partial charge in [0.25, 0.3) is 0 Å². The summed E-state index contributed by atoms with van der Waals surface area (Å²) >= 11 is 3.51. The van der Waals surface area contributed by atoms with E-state index in [0.717, 1.165) is 21.2 Å². The fourth-order valence-electron chi connectivity index (χ4n) is 3.55. The lowest BCUT2D eigenvalue weighted by Gasteiger charge is -2.24. The van der Waals surface area contributed by atoms with Crippen molar-refractivity contribution in [3.05, 3.63) is 69.7 Å². The highest BCUT2D eigenvalue weighted by molar-refractivity contribution is 9.10. The van der Waals surface area contributed by atoms with Crippen molar-refractivity contribution in [2.24, 2.45) is 0 Å². The van der Waals surface area contributed by atoms with Crippen molar-refractivity contribution in [2.45, 2.75) is 51.6 Å². The molecule has 1 aliphatic heterocycles. The van der Waals surface area contributed by atoms with E-state index in [1.165, 1.54) is 7.11 Å². The van der Waals surface area contributed by atoms with Gasteiger partial charge in [0.05, 0.1) is 13.7 Å². The third kappa shape index (κ3) is 6.71. The number of amides is 2. The number of benzene rings is 2. The van der Waals surface area contributed by atoms with Gasteiger partial charge in [-0.05, 0) is 29.2 Å². The van der Waals surface area contributed by atoms with Crippen LogP contribution in [0.15, 0.2) is 53.0 Å². The first-order valence-electron chi connectivity index (χ1n) is 10.7. The monoisotopic (exact) mass is 518 g/mol. The number of alkyl carbamates (subject to hydrolysis) is 1. The van der Waals surface area contributed by atoms with Crippen molar-refractivity contribution in [3.63, 3.8) is 0 Å². The lowest BCUT2D eigenvalue weighted by Crippen LogP contribution is -2.44. The highest BCUT2D eigenvalue weighted by atomic mass is 79.9. The second-order valence-electron chi connectivity index (χ2n) is 7.67. The van der Waals surface area contributed by atoms with E-state index in [1.54, 1.807) is 4.90 Å². The SMILES string of the molecule is CCC(C[C@H](NC(=O)OCc1ccccc1)C(=O)OC)OC(=O)N1Cc2cccc(Br)c2C1. The molecule has 0 saturated heterocycles. The van der Waals surface area contributed by atoms with Gasteiger partial charge < -0.3 is 19.5 Å². The third-order valence-corrected chi connectivity index (χ3v) is 6.14. The van der Waals surface area contributed by atoms with Crippen LogP contribution in [0.5, 0.6) is 0 Å². The number of nitrogens with one attached hydrogen (secondary N) is 1. The molecule has 8 nitrogen and oxygen atoms in total. The molecule has 1 N–H and O–H groups in total. The summed E-state index contributed by atoms with van der Waals surface area (Å²) in [5, 5.41) is 2.52. The summed E-state index contributed by atoms with van der Waals surface area (Å²) in [7, 11) is 1.23. The summed E-state index contributed by atoms with van der Waals surface area (Å²) in [6.07, 6.45) is -1.29. The predicted molar refractivity (Wildman–Crippen MR) is 124 cm³/mol. The average molecular weight is 519 g/mol. The molecule has 2 atom stereocenters. The van der Waals surface area contributed by atoms with Crippen LogP contribution >= 0.6 is 15.9 Å². The summed E-state index contributed by atoms with van der Waals surface area (Å²) < 4.78 is 16.6. The van der Waals surface area contributed by atoms with Gasteiger partial charge in [-0.3, -0.25) is 4.90 Å². The maximum absolute atomic E-state index is 12.8. The van der Waals surface area contributed by atoms with Crippen molar-refractivity contribution < 1.29 is 28.6 Å². The van der Waals surface area contributed by atoms with Crippen molar-refractivity contribution in [1.29, 1.82) is 0 Å². The molecule has 9 heteroatoms. The van der Waals surface area contributed by atoms with E-state index < -0.39 is 30.3 Å². The van der Waals surface area contributed by atoms with E-state index in [1.807, 2.05) is 55.5 Å². The average Bonchev–Trinajstić information content (AvgIpc) is 3.28. The topological polar surface area (TPSA) is 94.2 Å². The van der Waals surface area contributed by atoms with Crippen LogP contribution in [0.3, 0.4) is 0 Å². The summed E-state index contributed by atoms with van der Waals surface area (Å²) in [5.41, 5.74) is 2.93. The van der Waals surface area contributed by atoms with Gasteiger partial charge in [0.1, 0.15) is 18.8 Å². The molecule has 0 spiro atoms. The zero-order valence-corrected chi connectivity index (χ0v) is 20.2. The number of methoxy groups -OCH3 is 1. The molecule has 0 aliphatic carbocycles. The lowest BCUT2D eigenvalue weighted by molar-refractivity contribution is -0.144. The van der Waals surface area contributed by atoms with Crippen molar-refractivity contribution >= 4 is 34.1 Å². The molecule has 33 heavy (non-hydrogen) atoms. The van der Waals surface area contributed by atoms with Gasteiger partial charge in [-0.15, -0.1) is 0 Å². The maximum atomic E-state index is 12.8. The van der Waals surface area contributed by atoms with E-state index in [0.29, 0.717) is 19.5 Å². The minimum absolute atomic E-state index is 0.0673. The second kappa shape index (κ2) is 11.7. The molecular weight excluding hydrogens is 492 g/mol. The summed E-state index contributed by atoms with van der Waals surface area (Å²) in [5.74, 6) is -0.640. The molecule has 3 rings (SSSR count). The Morgan fingerprint density at radius 2 is 1.85 bits per heavy atom. The number of esters is 1. The van der Waals surface area contributed by atoms with Crippen molar-refractivity contribution in [3.8, 4) is 0 Å². The van der Waals surface area contributed by atoms with Gasteiger partial charge >= 0.3 is 18.2 Å². The number of hydrogen-bond donors (Lipinski definition) is 1. The molecular formula is C24H27BrN2O6. The number of rotatable bonds is 8. The van der Waals surface area contributed by atoms with Gasteiger partial charge in [-0.2, -0.15) is 0 Å². The number of ether oxygens (including phenoxy) is 3. The molecule has 176 valence electrons. The molecule has 0 fully saturated rings. The van der Waals surface area contributed by atoms with E-state index in [2.05, 4.69) is 21.2 Å². The van der Waals surface area contributed by atoms with Crippen molar-refractivity contribution in [1.82, 2.24) is 10.2 Å². The lowest BCUT2D eigenvalue weighted by atomic mass is 10.1. The molecule has 0 aromatic heterocycles. The van der Waals surface area contributed by atoms with Crippen LogP contribution in [0.4, 0.5) is 9.59 Å². The first-order chi connectivity index (χ1) is 15.9. The number of nitrogens with zero attached hydrogens (tertiary/aromatic N) is 1. The quantitative estimate of drug-likeness (QED) is 0.407. The van der Waals surface area contributed by atoms with Crippen LogP contribution in [0.1, 0.15) is 36.5 Å². The zero-order chi connectivity index (χ0) is 23.8. The molecule has 0 saturated carbocycles. The van der Waals surface area contributed by atoms with Crippen LogP contribution in [0, 0.1) is 0 Å². The standard InChI is InChI=1S/C24H27BrN2O6/c1-3-18(33-24(30)27-13-17-10-7-11-20(25)19(17)14-27)12-21(22(28)31-2)26-23(29)32-15-16-8-5-4-6-9-16/h4-11,18,21H,3,12-15H2,1-2H3,(H,26,29)/t18?,21-/m0/s1. The molecule has 1 unspecified atom stereocenters. The minimum atomic E-state index is -1.01. The Bertz CT molecular complexity index is 984. The normalized spacial score (nSPS) is 14.1. The van der Waals surface area contributed by atoms with Crippen LogP contribution in [-0.2, 0) is 38.7 Å². The number of carbonyl (C=O) groups excluding carboxylic acids is 3. The number of halogens is 1. The van der Waals surface area contributed by atoms with Crippen LogP contribution in [-0.4, -0.2) is 42.3 Å². The number of hydrogen-bond acceptors (Lipinski definition) is 6. The molecule has 1 heterocycles. The van der Waals surface area contributed by atoms with Crippen LogP contribution in [0.2, 0.25) is 0 Å². The van der Waals surface area contributed by atoms with E-state index >= 15 is 0 Å². The van der Waals surface area contributed by atoms with Crippen LogP contribution < -0.4 is 5.32 Å². The van der Waals surface area contributed by atoms with Gasteiger partial charge in [-0.25, -0.2) is 14.4 Å². The van der Waals surface area contributed by atoms with E-state index in [-0.39, 0.29) is 13.0 Å². The summed E-state index contributed by atoms with van der Waals surface area (Å²) in [4.78, 5) is 38.9. The Hall–Kier alpha value is -3.07. The Kier molecular flexibility index (Phi) is 8.71. The summed E-state index contributed by atoms with van der Waals surface area (Å²) in [6, 6.07) is 14.0. The fourth-order valence-corrected chi connectivity index (χ4v) is 4.08. The van der Waals surface area contributed by atoms with Gasteiger partial charge in [0.15, 0.2) is 0 Å². The summed E-state index contributed by atoms with van der Waals surface area (Å²) in [6.45, 7) is 2.80. The van der Waals surface area contributed by atoms with Gasteiger partial charge in [0.2, 0.25) is 0 Å². The Morgan fingerprint density at radius 1 is 1.09 bits per heavy atom. The Balaban J connectivity index is 1.55.